The van der Waals surface area contributed by atoms with Crippen molar-refractivity contribution in [2.75, 3.05) is 0 Å². The molecule has 4 N–H and O–H groups in total. The average Bonchev–Trinajstić information content (AvgIpc) is 3.19. The summed E-state index contributed by atoms with van der Waals surface area (Å²) in [6.07, 6.45) is 5.26. The van der Waals surface area contributed by atoms with Gasteiger partial charge in [0.15, 0.2) is 0 Å². The van der Waals surface area contributed by atoms with Crippen LogP contribution in [0.1, 0.15) is 5.56 Å². The van der Waals surface area contributed by atoms with Gasteiger partial charge in [0, 0.05) is 42.9 Å². The number of benzene rings is 1. The first-order valence-electron chi connectivity index (χ1n) is 8.62. The molecule has 2 heterocycles. The first-order valence-corrected chi connectivity index (χ1v) is 10.1. The normalized spacial score (nSPS) is 11.0. The van der Waals surface area contributed by atoms with Crippen LogP contribution in [0, 0.1) is 5.82 Å². The van der Waals surface area contributed by atoms with Crippen molar-refractivity contribution < 1.29 is 32.6 Å². The number of carboxylic acids is 2. The highest BCUT2D eigenvalue weighted by molar-refractivity contribution is 7.90. The number of pyridine rings is 1. The third-order valence-electron chi connectivity index (χ3n) is 3.79. The van der Waals surface area contributed by atoms with E-state index < -0.39 is 27.8 Å². The van der Waals surface area contributed by atoms with E-state index in [0.717, 1.165) is 3.97 Å². The van der Waals surface area contributed by atoms with Gasteiger partial charge in [-0.3, -0.25) is 4.98 Å². The van der Waals surface area contributed by atoms with Crippen molar-refractivity contribution in [1.29, 1.82) is 0 Å². The molecular formula is C20H18FN3O6S. The predicted molar refractivity (Wildman–Crippen MR) is 109 cm³/mol. The highest BCUT2D eigenvalue weighted by atomic mass is 32.2. The van der Waals surface area contributed by atoms with Crippen LogP contribution < -0.4 is 5.73 Å². The Balaban J connectivity index is 0.000000366. The number of hydrogen-bond donors (Lipinski definition) is 3. The Morgan fingerprint density at radius 1 is 1.10 bits per heavy atom. The van der Waals surface area contributed by atoms with E-state index in [1.807, 2.05) is 0 Å². The molecule has 0 atom stereocenters. The number of halogens is 1. The fraction of sp³-hybridized carbons (Fsp3) is 0.0500. The SMILES string of the molecule is NCc1cc(-c2ccccc2F)n(S(=O)(=O)c2cccnc2)c1.O=C(O)/C=C/C(=O)O. The maximum atomic E-state index is 14.1. The summed E-state index contributed by atoms with van der Waals surface area (Å²) in [5, 5.41) is 15.6. The van der Waals surface area contributed by atoms with Crippen molar-refractivity contribution >= 4 is 22.0 Å². The lowest BCUT2D eigenvalue weighted by molar-refractivity contribution is -0.134. The number of hydrogen-bond acceptors (Lipinski definition) is 6. The molecule has 3 rings (SSSR count). The second-order valence-electron chi connectivity index (χ2n) is 5.92. The monoisotopic (exact) mass is 447 g/mol. The lowest BCUT2D eigenvalue weighted by Gasteiger charge is -2.10. The highest BCUT2D eigenvalue weighted by Crippen LogP contribution is 2.28. The zero-order valence-corrected chi connectivity index (χ0v) is 16.7. The molecule has 9 nitrogen and oxygen atoms in total. The van der Waals surface area contributed by atoms with E-state index in [9.17, 15) is 22.4 Å². The van der Waals surface area contributed by atoms with Crippen LogP contribution in [0.3, 0.4) is 0 Å². The smallest absolute Gasteiger partial charge is 0.328 e. The lowest BCUT2D eigenvalue weighted by Crippen LogP contribution is -2.13. The quantitative estimate of drug-likeness (QED) is 0.486. The molecule has 0 aliphatic heterocycles. The van der Waals surface area contributed by atoms with E-state index in [1.165, 1.54) is 42.9 Å². The number of rotatable bonds is 6. The zero-order valence-electron chi connectivity index (χ0n) is 15.9. The van der Waals surface area contributed by atoms with Crippen LogP contribution in [0.5, 0.6) is 0 Å². The maximum Gasteiger partial charge on any atom is 0.328 e. The maximum absolute atomic E-state index is 14.1. The minimum absolute atomic E-state index is 0.0248. The van der Waals surface area contributed by atoms with Gasteiger partial charge in [0.2, 0.25) is 0 Å². The number of nitrogens with zero attached hydrogens (tertiary/aromatic N) is 2. The summed E-state index contributed by atoms with van der Waals surface area (Å²) in [6.45, 7) is 0.150. The van der Waals surface area contributed by atoms with Gasteiger partial charge in [-0.25, -0.2) is 26.4 Å². The van der Waals surface area contributed by atoms with Crippen molar-refractivity contribution in [3.63, 3.8) is 0 Å². The molecule has 2 aromatic heterocycles. The molecule has 3 aromatic rings. The molecule has 11 heteroatoms. The first kappa shape index (κ1) is 23.4. The van der Waals surface area contributed by atoms with Gasteiger partial charge in [-0.15, -0.1) is 0 Å². The lowest BCUT2D eigenvalue weighted by atomic mass is 10.1. The Labute approximate surface area is 177 Å². The second-order valence-corrected chi connectivity index (χ2v) is 7.73. The standard InChI is InChI=1S/C16H14FN3O2S.C4H4O4/c17-15-6-2-1-5-14(15)16-8-12(9-18)11-20(16)23(21,22)13-4-3-7-19-10-13;5-3(6)1-2-4(7)8/h1-8,10-11H,9,18H2;1-2H,(H,5,6)(H,7,8)/b;2-1+. The molecule has 0 fully saturated rings. The number of aromatic nitrogens is 2. The van der Waals surface area contributed by atoms with Gasteiger partial charge in [0.1, 0.15) is 10.7 Å². The first-order chi connectivity index (χ1) is 14.7. The van der Waals surface area contributed by atoms with Gasteiger partial charge in [-0.1, -0.05) is 12.1 Å². The van der Waals surface area contributed by atoms with Crippen molar-refractivity contribution in [2.45, 2.75) is 11.4 Å². The fourth-order valence-corrected chi connectivity index (χ4v) is 3.78. The van der Waals surface area contributed by atoms with E-state index >= 15 is 0 Å². The number of aliphatic carboxylic acids is 2. The van der Waals surface area contributed by atoms with Crippen LogP contribution in [0.25, 0.3) is 11.3 Å². The Kier molecular flexibility index (Phi) is 7.77. The number of carboxylic acid groups (broad SMARTS) is 2. The molecule has 0 saturated heterocycles. The molecule has 0 saturated carbocycles. The third kappa shape index (κ3) is 6.07. The Morgan fingerprint density at radius 2 is 1.74 bits per heavy atom. The van der Waals surface area contributed by atoms with Gasteiger partial charge in [0.25, 0.3) is 10.0 Å². The third-order valence-corrected chi connectivity index (χ3v) is 5.45. The molecule has 0 aliphatic carbocycles. The minimum atomic E-state index is -3.89. The summed E-state index contributed by atoms with van der Waals surface area (Å²) in [4.78, 5) is 23.0. The summed E-state index contributed by atoms with van der Waals surface area (Å²) < 4.78 is 40.8. The second kappa shape index (κ2) is 10.3. The van der Waals surface area contributed by atoms with Crippen LogP contribution in [-0.4, -0.2) is 39.5 Å². The molecule has 0 unspecified atom stereocenters. The van der Waals surface area contributed by atoms with Crippen molar-refractivity contribution in [1.82, 2.24) is 8.96 Å². The van der Waals surface area contributed by atoms with E-state index in [4.69, 9.17) is 15.9 Å². The predicted octanol–water partition coefficient (Wildman–Crippen LogP) is 2.10. The summed E-state index contributed by atoms with van der Waals surface area (Å²) in [5.41, 5.74) is 6.63. The summed E-state index contributed by atoms with van der Waals surface area (Å²) in [5.74, 6) is -3.02. The Bertz CT molecular complexity index is 1190. The average molecular weight is 447 g/mol. The molecule has 0 aliphatic rings. The van der Waals surface area contributed by atoms with Gasteiger partial charge in [-0.2, -0.15) is 0 Å². The molecule has 0 radical (unpaired) electrons. The summed E-state index contributed by atoms with van der Waals surface area (Å²) in [7, 11) is -3.89. The number of carbonyl (C=O) groups is 2. The van der Waals surface area contributed by atoms with E-state index in [-0.39, 0.29) is 22.7 Å². The fourth-order valence-electron chi connectivity index (χ4n) is 2.43. The zero-order chi connectivity index (χ0) is 23.0. The van der Waals surface area contributed by atoms with E-state index in [2.05, 4.69) is 4.98 Å². The van der Waals surface area contributed by atoms with Gasteiger partial charge >= 0.3 is 11.9 Å². The molecule has 1 aromatic carbocycles. The Morgan fingerprint density at radius 3 is 2.26 bits per heavy atom. The topological polar surface area (TPSA) is 153 Å². The van der Waals surface area contributed by atoms with Crippen molar-refractivity contribution in [3.8, 4) is 11.3 Å². The van der Waals surface area contributed by atoms with Crippen LogP contribution >= 0.6 is 0 Å². The van der Waals surface area contributed by atoms with Gasteiger partial charge in [-0.05, 0) is 35.9 Å². The highest BCUT2D eigenvalue weighted by Gasteiger charge is 2.23. The largest absolute Gasteiger partial charge is 0.478 e. The molecule has 162 valence electrons. The van der Waals surface area contributed by atoms with Crippen LogP contribution in [-0.2, 0) is 26.2 Å². The number of nitrogens with two attached hydrogens (primary N) is 1. The van der Waals surface area contributed by atoms with Gasteiger partial charge in [0.05, 0.1) is 5.69 Å². The molecule has 0 bridgehead atoms. The molecule has 0 spiro atoms. The van der Waals surface area contributed by atoms with Crippen molar-refractivity contribution in [2.24, 2.45) is 5.73 Å². The van der Waals surface area contributed by atoms with Crippen LogP contribution in [0.4, 0.5) is 4.39 Å². The summed E-state index contributed by atoms with van der Waals surface area (Å²) in [6, 6.07) is 10.6. The van der Waals surface area contributed by atoms with Crippen molar-refractivity contribution in [3.05, 3.63) is 84.6 Å². The molecular weight excluding hydrogens is 429 g/mol. The van der Waals surface area contributed by atoms with Crippen LogP contribution in [0.2, 0.25) is 0 Å². The van der Waals surface area contributed by atoms with E-state index in [1.54, 1.807) is 18.2 Å². The molecule has 0 amide bonds. The van der Waals surface area contributed by atoms with Crippen LogP contribution in [0.15, 0.2) is 78.1 Å². The summed E-state index contributed by atoms with van der Waals surface area (Å²) >= 11 is 0. The Hall–Kier alpha value is -3.83. The van der Waals surface area contributed by atoms with Gasteiger partial charge < -0.3 is 15.9 Å². The minimum Gasteiger partial charge on any atom is -0.478 e. The molecule has 31 heavy (non-hydrogen) atoms. The van der Waals surface area contributed by atoms with E-state index in [0.29, 0.717) is 17.7 Å².